The summed E-state index contributed by atoms with van der Waals surface area (Å²) in [7, 11) is -2.73. The molecule has 0 radical (unpaired) electrons. The van der Waals surface area contributed by atoms with E-state index in [1.165, 1.54) is 0 Å². The molecule has 0 atom stereocenters. The lowest BCUT2D eigenvalue weighted by atomic mass is 10.0. The van der Waals surface area contributed by atoms with Crippen molar-refractivity contribution in [2.24, 2.45) is 0 Å². The monoisotopic (exact) mass is 337 g/mol. The number of thiol groups is 1. The van der Waals surface area contributed by atoms with Gasteiger partial charge in [-0.1, -0.05) is 30.3 Å². The fraction of sp³-hybridized carbons (Fsp3) is 0. The Bertz CT molecular complexity index is 945. The molecule has 8 heteroatoms. The Morgan fingerprint density at radius 3 is 2.45 bits per heavy atom. The molecule has 0 saturated carbocycles. The largest absolute Gasteiger partial charge is 0.286 e. The van der Waals surface area contributed by atoms with Gasteiger partial charge in [-0.3, -0.25) is 9.52 Å². The van der Waals surface area contributed by atoms with E-state index in [9.17, 15) is 13.2 Å². The van der Waals surface area contributed by atoms with E-state index in [-0.39, 0.29) is 18.0 Å². The molecular formula is C14H12ClN3O3S. The van der Waals surface area contributed by atoms with Crippen molar-refractivity contribution < 1.29 is 8.42 Å². The van der Waals surface area contributed by atoms with Crippen LogP contribution in [-0.2, 0) is 10.9 Å². The van der Waals surface area contributed by atoms with Crippen molar-refractivity contribution in [2.45, 2.75) is 0 Å². The Kier molecular flexibility index (Phi) is 4.79. The first-order chi connectivity index (χ1) is 10.1. The minimum atomic E-state index is -2.73. The number of H-pyrrole nitrogens is 1. The molecule has 3 aromatic rings. The maximum Gasteiger partial charge on any atom is 0.272 e. The molecule has 22 heavy (non-hydrogen) atoms. The zero-order valence-electron chi connectivity index (χ0n) is 11.1. The first-order valence-corrected chi connectivity index (χ1v) is 7.32. The second-order valence-corrected chi connectivity index (χ2v) is 5.13. The lowest BCUT2D eigenvalue weighted by Crippen LogP contribution is -2.09. The number of halogens is 1. The van der Waals surface area contributed by atoms with Gasteiger partial charge in [-0.25, -0.2) is 13.5 Å². The van der Waals surface area contributed by atoms with E-state index >= 15 is 0 Å². The maximum absolute atomic E-state index is 11.8. The molecule has 1 heterocycles. The van der Waals surface area contributed by atoms with Gasteiger partial charge in [0.05, 0.1) is 11.1 Å². The number of anilines is 1. The lowest BCUT2D eigenvalue weighted by molar-refractivity contribution is 0.619. The van der Waals surface area contributed by atoms with Crippen LogP contribution in [0.4, 0.5) is 5.69 Å². The van der Waals surface area contributed by atoms with Gasteiger partial charge in [-0.2, -0.15) is 5.10 Å². The van der Waals surface area contributed by atoms with Gasteiger partial charge in [0, 0.05) is 16.6 Å². The summed E-state index contributed by atoms with van der Waals surface area (Å²) in [4.78, 5) is 11.8. The number of hydrogen-bond donors (Lipinski definition) is 3. The van der Waals surface area contributed by atoms with Crippen molar-refractivity contribution in [1.29, 1.82) is 0 Å². The van der Waals surface area contributed by atoms with Gasteiger partial charge in [-0.05, 0) is 18.2 Å². The molecule has 0 spiro atoms. The predicted molar refractivity (Wildman–Crippen MR) is 89.0 cm³/mol. The van der Waals surface area contributed by atoms with Gasteiger partial charge >= 0.3 is 0 Å². The SMILES string of the molecule is Cl.O=c1[nH]nc(-c2cccc(N[SH](=O)=O)c2)c2ccccc12. The molecule has 0 aliphatic heterocycles. The van der Waals surface area contributed by atoms with Crippen LogP contribution in [0.15, 0.2) is 53.3 Å². The van der Waals surface area contributed by atoms with E-state index in [1.54, 1.807) is 42.5 Å². The highest BCUT2D eigenvalue weighted by molar-refractivity contribution is 7.73. The Hall–Kier alpha value is -2.38. The highest BCUT2D eigenvalue weighted by Gasteiger charge is 2.08. The van der Waals surface area contributed by atoms with Gasteiger partial charge in [0.2, 0.25) is 10.9 Å². The molecule has 0 fully saturated rings. The van der Waals surface area contributed by atoms with Crippen molar-refractivity contribution in [2.75, 3.05) is 4.72 Å². The molecule has 0 bridgehead atoms. The number of nitrogens with zero attached hydrogens (tertiary/aromatic N) is 1. The molecule has 1 aromatic heterocycles. The fourth-order valence-corrected chi connectivity index (χ4v) is 2.53. The van der Waals surface area contributed by atoms with E-state index < -0.39 is 10.9 Å². The standard InChI is InChI=1S/C14H11N3O3S.ClH/c18-14-12-7-2-1-6-11(12)13(15-16-14)9-4-3-5-10(8-9)17-21(19)20;/h1-8,21H,(H,16,18)(H,17,19,20);1H. The third kappa shape index (κ3) is 3.10. The number of aromatic nitrogens is 2. The van der Waals surface area contributed by atoms with E-state index in [0.717, 1.165) is 0 Å². The second-order valence-electron chi connectivity index (χ2n) is 4.40. The first kappa shape index (κ1) is 16.0. The Balaban J connectivity index is 0.00000176. The fourth-order valence-electron chi connectivity index (χ4n) is 2.18. The van der Waals surface area contributed by atoms with Crippen LogP contribution >= 0.6 is 12.4 Å². The molecule has 2 N–H and O–H groups in total. The molecule has 2 aromatic carbocycles. The predicted octanol–water partition coefficient (Wildman–Crippen LogP) is 1.95. The Labute approximate surface area is 133 Å². The summed E-state index contributed by atoms with van der Waals surface area (Å²) >= 11 is 0. The minimum Gasteiger partial charge on any atom is -0.286 e. The van der Waals surface area contributed by atoms with Crippen LogP contribution in [0.2, 0.25) is 0 Å². The second kappa shape index (κ2) is 6.59. The number of aromatic amines is 1. The van der Waals surface area contributed by atoms with Crippen molar-refractivity contribution in [3.63, 3.8) is 0 Å². The summed E-state index contributed by atoms with van der Waals surface area (Å²) < 4.78 is 23.8. The van der Waals surface area contributed by atoms with E-state index in [0.29, 0.717) is 27.7 Å². The van der Waals surface area contributed by atoms with Crippen molar-refractivity contribution in [1.82, 2.24) is 10.2 Å². The normalized spacial score (nSPS) is 10.4. The third-order valence-electron chi connectivity index (χ3n) is 3.05. The highest BCUT2D eigenvalue weighted by Crippen LogP contribution is 2.26. The van der Waals surface area contributed by atoms with Crippen molar-refractivity contribution in [3.8, 4) is 11.3 Å². The molecular weight excluding hydrogens is 326 g/mol. The van der Waals surface area contributed by atoms with Crippen LogP contribution in [-0.4, -0.2) is 18.6 Å². The number of benzene rings is 2. The number of nitrogens with one attached hydrogen (secondary N) is 2. The molecule has 3 rings (SSSR count). The quantitative estimate of drug-likeness (QED) is 0.637. The molecule has 0 aliphatic carbocycles. The third-order valence-corrected chi connectivity index (χ3v) is 3.49. The summed E-state index contributed by atoms with van der Waals surface area (Å²) in [5.41, 5.74) is 1.49. The number of fused-ring (bicyclic) bond motifs is 1. The summed E-state index contributed by atoms with van der Waals surface area (Å²) in [6.07, 6.45) is 0. The summed E-state index contributed by atoms with van der Waals surface area (Å²) in [6.45, 7) is 0. The molecule has 0 saturated heterocycles. The molecule has 0 amide bonds. The van der Waals surface area contributed by atoms with Crippen LogP contribution < -0.4 is 10.3 Å². The van der Waals surface area contributed by atoms with Gasteiger partial charge in [0.25, 0.3) is 5.56 Å². The lowest BCUT2D eigenvalue weighted by Gasteiger charge is -2.06. The van der Waals surface area contributed by atoms with Crippen LogP contribution in [0.3, 0.4) is 0 Å². The number of hydrogen-bond acceptors (Lipinski definition) is 4. The zero-order chi connectivity index (χ0) is 14.8. The smallest absolute Gasteiger partial charge is 0.272 e. The van der Waals surface area contributed by atoms with Crippen molar-refractivity contribution in [3.05, 3.63) is 58.9 Å². The average Bonchev–Trinajstić information content (AvgIpc) is 2.47. The van der Waals surface area contributed by atoms with Crippen LogP contribution in [0.1, 0.15) is 0 Å². The Morgan fingerprint density at radius 2 is 1.73 bits per heavy atom. The summed E-state index contributed by atoms with van der Waals surface area (Å²) in [5, 5.41) is 7.79. The van der Waals surface area contributed by atoms with E-state index in [1.807, 2.05) is 6.07 Å². The van der Waals surface area contributed by atoms with Crippen molar-refractivity contribution >= 4 is 39.8 Å². The first-order valence-electron chi connectivity index (χ1n) is 6.14. The van der Waals surface area contributed by atoms with Gasteiger partial charge in [0.15, 0.2) is 0 Å². The van der Waals surface area contributed by atoms with Gasteiger partial charge < -0.3 is 0 Å². The molecule has 114 valence electrons. The minimum absolute atomic E-state index is 0. The van der Waals surface area contributed by atoms with Gasteiger partial charge in [-0.15, -0.1) is 12.4 Å². The summed E-state index contributed by atoms with van der Waals surface area (Å²) in [5.74, 6) is 0. The summed E-state index contributed by atoms with van der Waals surface area (Å²) in [6, 6.07) is 14.0. The van der Waals surface area contributed by atoms with Crippen LogP contribution in [0.25, 0.3) is 22.0 Å². The highest BCUT2D eigenvalue weighted by atomic mass is 35.5. The van der Waals surface area contributed by atoms with Gasteiger partial charge in [0.1, 0.15) is 0 Å². The number of rotatable bonds is 3. The van der Waals surface area contributed by atoms with E-state index in [4.69, 9.17) is 0 Å². The molecule has 6 nitrogen and oxygen atoms in total. The van der Waals surface area contributed by atoms with E-state index in [2.05, 4.69) is 14.9 Å². The molecule has 0 unspecified atom stereocenters. The topological polar surface area (TPSA) is 91.9 Å². The van der Waals surface area contributed by atoms with Crippen LogP contribution in [0.5, 0.6) is 0 Å². The zero-order valence-corrected chi connectivity index (χ0v) is 12.9. The van der Waals surface area contributed by atoms with Crippen LogP contribution in [0, 0.1) is 0 Å². The average molecular weight is 338 g/mol. The maximum atomic E-state index is 11.8. The molecule has 0 aliphatic rings. The Morgan fingerprint density at radius 1 is 1.00 bits per heavy atom.